The molecule has 202 valence electrons. The summed E-state index contributed by atoms with van der Waals surface area (Å²) in [7, 11) is -2.18. The molecule has 7 heteroatoms. The maximum atomic E-state index is 13.7. The normalized spacial score (nSPS) is 17.1. The quantitative estimate of drug-likeness (QED) is 0.174. The molecular weight excluding hydrogens is 448 g/mol. The van der Waals surface area contributed by atoms with Crippen LogP contribution >= 0.6 is 0 Å². The SMILES string of the molecule is CCCCOC[C@H](C)[C@H](O[Si](C)(C)C(C)(C)C)[C@@H](C)C(=O)C(C)(C)[C@@H](O)CC(=O)OC(C)(C)C. The summed E-state index contributed by atoms with van der Waals surface area (Å²) in [5.41, 5.74) is -1.78. The Bertz CT molecular complexity index is 644. The lowest BCUT2D eigenvalue weighted by Gasteiger charge is -2.44. The van der Waals surface area contributed by atoms with Gasteiger partial charge in [-0.3, -0.25) is 9.59 Å². The Balaban J connectivity index is 5.73. The van der Waals surface area contributed by atoms with Crippen LogP contribution in [0.5, 0.6) is 0 Å². The molecule has 0 amide bonds. The van der Waals surface area contributed by atoms with Crippen molar-refractivity contribution in [2.75, 3.05) is 13.2 Å². The van der Waals surface area contributed by atoms with Crippen molar-refractivity contribution in [1.82, 2.24) is 0 Å². The molecular formula is C27H54O6Si. The zero-order valence-corrected chi connectivity index (χ0v) is 25.3. The summed E-state index contributed by atoms with van der Waals surface area (Å²) in [6.45, 7) is 26.9. The first-order valence-corrected chi connectivity index (χ1v) is 15.8. The number of rotatable bonds is 14. The number of unbranched alkanes of at least 4 members (excludes halogenated alkanes) is 1. The van der Waals surface area contributed by atoms with E-state index in [9.17, 15) is 14.7 Å². The van der Waals surface area contributed by atoms with Crippen LogP contribution in [-0.4, -0.2) is 56.2 Å². The van der Waals surface area contributed by atoms with Gasteiger partial charge in [-0.1, -0.05) is 61.8 Å². The molecule has 0 aromatic heterocycles. The van der Waals surface area contributed by atoms with E-state index in [0.29, 0.717) is 13.2 Å². The number of ether oxygens (including phenoxy) is 2. The largest absolute Gasteiger partial charge is 0.460 e. The average Bonchev–Trinajstić information content (AvgIpc) is 2.65. The van der Waals surface area contributed by atoms with Crippen molar-refractivity contribution in [3.05, 3.63) is 0 Å². The molecule has 0 aliphatic carbocycles. The molecule has 0 heterocycles. The number of Topliss-reactive ketones (excluding diaryl/α,β-unsaturated/α-hetero) is 1. The smallest absolute Gasteiger partial charge is 0.308 e. The summed E-state index contributed by atoms with van der Waals surface area (Å²) in [6, 6.07) is 0. The maximum Gasteiger partial charge on any atom is 0.308 e. The van der Waals surface area contributed by atoms with Gasteiger partial charge in [0, 0.05) is 18.4 Å². The third kappa shape index (κ3) is 10.5. The predicted octanol–water partition coefficient (Wildman–Crippen LogP) is 6.15. The van der Waals surface area contributed by atoms with Crippen molar-refractivity contribution in [2.45, 2.75) is 131 Å². The Morgan fingerprint density at radius 1 is 0.971 bits per heavy atom. The highest BCUT2D eigenvalue weighted by molar-refractivity contribution is 6.74. The first-order valence-electron chi connectivity index (χ1n) is 12.9. The van der Waals surface area contributed by atoms with Crippen molar-refractivity contribution in [1.29, 1.82) is 0 Å². The second kappa shape index (κ2) is 13.0. The Morgan fingerprint density at radius 3 is 1.94 bits per heavy atom. The van der Waals surface area contributed by atoms with Gasteiger partial charge in [-0.25, -0.2) is 0 Å². The number of esters is 1. The van der Waals surface area contributed by atoms with E-state index in [2.05, 4.69) is 47.7 Å². The first kappa shape index (κ1) is 33.2. The van der Waals surface area contributed by atoms with E-state index in [4.69, 9.17) is 13.9 Å². The fourth-order valence-corrected chi connectivity index (χ4v) is 5.01. The minimum Gasteiger partial charge on any atom is -0.460 e. The van der Waals surface area contributed by atoms with Crippen LogP contribution in [0.1, 0.15) is 95.4 Å². The molecule has 0 bridgehead atoms. The summed E-state index contributed by atoms with van der Waals surface area (Å²) >= 11 is 0. The van der Waals surface area contributed by atoms with Crippen LogP contribution < -0.4 is 0 Å². The van der Waals surface area contributed by atoms with Gasteiger partial charge < -0.3 is 19.0 Å². The summed E-state index contributed by atoms with van der Waals surface area (Å²) in [5, 5.41) is 10.9. The number of aliphatic hydroxyl groups excluding tert-OH is 1. The van der Waals surface area contributed by atoms with Gasteiger partial charge in [0.15, 0.2) is 8.32 Å². The standard InChI is InChI=1S/C27H54O6Si/c1-14-15-16-31-18-19(2)23(33-34(12,13)26(7,8)9)20(3)24(30)27(10,11)21(28)17-22(29)32-25(4,5)6/h19-21,23,28H,14-18H2,1-13H3/t19-,20+,21-,23-/m0/s1. The van der Waals surface area contributed by atoms with Crippen LogP contribution in [-0.2, 0) is 23.5 Å². The summed E-state index contributed by atoms with van der Waals surface area (Å²) < 4.78 is 18.0. The number of ketones is 1. The van der Waals surface area contributed by atoms with E-state index in [1.807, 2.05) is 6.92 Å². The molecule has 0 rings (SSSR count). The molecule has 0 unspecified atom stereocenters. The predicted molar refractivity (Wildman–Crippen MR) is 141 cm³/mol. The highest BCUT2D eigenvalue weighted by Gasteiger charge is 2.46. The van der Waals surface area contributed by atoms with Crippen molar-refractivity contribution in [2.24, 2.45) is 17.3 Å². The zero-order valence-electron chi connectivity index (χ0n) is 24.3. The Hall–Kier alpha value is -0.763. The molecule has 0 saturated carbocycles. The van der Waals surface area contributed by atoms with Gasteiger partial charge in [-0.2, -0.15) is 0 Å². The third-order valence-corrected chi connectivity index (χ3v) is 11.4. The van der Waals surface area contributed by atoms with Crippen LogP contribution in [0.15, 0.2) is 0 Å². The van der Waals surface area contributed by atoms with Crippen LogP contribution in [0.2, 0.25) is 18.1 Å². The molecule has 0 aliphatic heterocycles. The molecule has 0 aliphatic rings. The van der Waals surface area contributed by atoms with Crippen LogP contribution in [0.3, 0.4) is 0 Å². The van der Waals surface area contributed by atoms with Gasteiger partial charge in [0.05, 0.1) is 30.7 Å². The number of hydrogen-bond acceptors (Lipinski definition) is 6. The van der Waals surface area contributed by atoms with Gasteiger partial charge in [-0.15, -0.1) is 0 Å². The number of aliphatic hydroxyl groups is 1. The van der Waals surface area contributed by atoms with Gasteiger partial charge in [0.2, 0.25) is 0 Å². The Labute approximate surface area is 210 Å². The molecule has 0 spiro atoms. The van der Waals surface area contributed by atoms with Crippen molar-refractivity contribution in [3.63, 3.8) is 0 Å². The lowest BCUT2D eigenvalue weighted by atomic mass is 9.73. The Kier molecular flexibility index (Phi) is 12.7. The van der Waals surface area contributed by atoms with Crippen molar-refractivity contribution < 1.29 is 28.6 Å². The molecule has 0 aromatic carbocycles. The molecule has 0 radical (unpaired) electrons. The summed E-state index contributed by atoms with van der Waals surface area (Å²) in [4.78, 5) is 26.0. The van der Waals surface area contributed by atoms with E-state index < -0.39 is 37.3 Å². The lowest BCUT2D eigenvalue weighted by Crippen LogP contribution is -2.52. The monoisotopic (exact) mass is 502 g/mol. The van der Waals surface area contributed by atoms with E-state index in [1.165, 1.54) is 0 Å². The van der Waals surface area contributed by atoms with E-state index >= 15 is 0 Å². The number of hydrogen-bond donors (Lipinski definition) is 1. The maximum absolute atomic E-state index is 13.7. The molecule has 1 N–H and O–H groups in total. The minimum atomic E-state index is -2.18. The molecule has 0 aromatic rings. The fourth-order valence-electron chi connectivity index (χ4n) is 3.53. The molecule has 34 heavy (non-hydrogen) atoms. The zero-order chi connectivity index (χ0) is 27.1. The number of carbonyl (C=O) groups is 2. The average molecular weight is 503 g/mol. The molecule has 0 saturated heterocycles. The minimum absolute atomic E-state index is 0.00345. The summed E-state index contributed by atoms with van der Waals surface area (Å²) in [5.74, 6) is -1.10. The molecule has 4 atom stereocenters. The second-order valence-electron chi connectivity index (χ2n) is 12.9. The highest BCUT2D eigenvalue weighted by Crippen LogP contribution is 2.40. The van der Waals surface area contributed by atoms with Gasteiger partial charge in [0.25, 0.3) is 0 Å². The van der Waals surface area contributed by atoms with Crippen molar-refractivity contribution in [3.8, 4) is 0 Å². The van der Waals surface area contributed by atoms with Crippen LogP contribution in [0.4, 0.5) is 0 Å². The Morgan fingerprint density at radius 2 is 1.50 bits per heavy atom. The number of carbonyl (C=O) groups excluding carboxylic acids is 2. The second-order valence-corrected chi connectivity index (χ2v) is 17.7. The highest BCUT2D eigenvalue weighted by atomic mass is 28.4. The third-order valence-electron chi connectivity index (χ3n) is 6.98. The van der Waals surface area contributed by atoms with Crippen LogP contribution in [0, 0.1) is 17.3 Å². The van der Waals surface area contributed by atoms with Gasteiger partial charge in [0.1, 0.15) is 11.4 Å². The molecule has 6 nitrogen and oxygen atoms in total. The topological polar surface area (TPSA) is 82.1 Å². The van der Waals surface area contributed by atoms with E-state index in [-0.39, 0.29) is 29.3 Å². The lowest BCUT2D eigenvalue weighted by molar-refractivity contribution is -0.160. The molecule has 0 fully saturated rings. The van der Waals surface area contributed by atoms with Crippen LogP contribution in [0.25, 0.3) is 0 Å². The van der Waals surface area contributed by atoms with Gasteiger partial charge >= 0.3 is 5.97 Å². The summed E-state index contributed by atoms with van der Waals surface area (Å²) in [6.07, 6.45) is 0.340. The van der Waals surface area contributed by atoms with Crippen molar-refractivity contribution >= 4 is 20.1 Å². The van der Waals surface area contributed by atoms with E-state index in [0.717, 1.165) is 12.8 Å². The van der Waals surface area contributed by atoms with E-state index in [1.54, 1.807) is 34.6 Å². The van der Waals surface area contributed by atoms with Gasteiger partial charge in [-0.05, 0) is 45.3 Å². The fraction of sp³-hybridized carbons (Fsp3) is 0.926. The first-order chi connectivity index (χ1) is 15.2.